The molecule has 2 heterocycles. The second-order valence-corrected chi connectivity index (χ2v) is 6.78. The van der Waals surface area contributed by atoms with Gasteiger partial charge in [0, 0.05) is 45.1 Å². The van der Waals surface area contributed by atoms with Crippen LogP contribution < -0.4 is 0 Å². The van der Waals surface area contributed by atoms with Crippen LogP contribution in [0.3, 0.4) is 0 Å². The lowest BCUT2D eigenvalue weighted by molar-refractivity contribution is 0.116. The fraction of sp³-hybridized carbons (Fsp3) is 0.688. The molecule has 0 N–H and O–H groups in total. The second kappa shape index (κ2) is 6.49. The van der Waals surface area contributed by atoms with Crippen molar-refractivity contribution in [3.8, 4) is 0 Å². The van der Waals surface area contributed by atoms with Crippen molar-refractivity contribution in [3.05, 3.63) is 30.1 Å². The minimum absolute atomic E-state index is 0.453. The topological polar surface area (TPSA) is 19.4 Å². The molecule has 0 atom stereocenters. The van der Waals surface area contributed by atoms with Crippen LogP contribution in [0.25, 0.3) is 0 Å². The molecule has 0 spiro atoms. The molecule has 1 aliphatic heterocycles. The minimum Gasteiger partial charge on any atom is -0.301 e. The standard InChI is InChI=1S/C16H27N3/c1-16(2,3)6-9-18-10-12-19(13-11-18)14-15-4-7-17-8-5-15/h4-5,7-8H,6,9-14H2,1-3H3. The molecule has 1 aromatic heterocycles. The number of pyridine rings is 1. The Kier molecular flexibility index (Phi) is 4.94. The van der Waals surface area contributed by atoms with E-state index < -0.39 is 0 Å². The molecule has 0 radical (unpaired) electrons. The van der Waals surface area contributed by atoms with Crippen LogP contribution in [0.5, 0.6) is 0 Å². The van der Waals surface area contributed by atoms with Crippen LogP contribution in [-0.2, 0) is 6.54 Å². The number of piperazine rings is 1. The maximum atomic E-state index is 4.07. The molecule has 0 aliphatic carbocycles. The van der Waals surface area contributed by atoms with Crippen LogP contribution >= 0.6 is 0 Å². The summed E-state index contributed by atoms with van der Waals surface area (Å²) in [6.45, 7) is 14.1. The van der Waals surface area contributed by atoms with Gasteiger partial charge < -0.3 is 4.90 Å². The van der Waals surface area contributed by atoms with Gasteiger partial charge in [-0.2, -0.15) is 0 Å². The Labute approximate surface area is 117 Å². The first kappa shape index (κ1) is 14.5. The van der Waals surface area contributed by atoms with E-state index in [4.69, 9.17) is 0 Å². The molecular formula is C16H27N3. The van der Waals surface area contributed by atoms with Gasteiger partial charge in [-0.25, -0.2) is 0 Å². The molecule has 2 rings (SSSR count). The number of aromatic nitrogens is 1. The van der Waals surface area contributed by atoms with Crippen molar-refractivity contribution in [3.63, 3.8) is 0 Å². The number of hydrogen-bond donors (Lipinski definition) is 0. The molecule has 3 nitrogen and oxygen atoms in total. The van der Waals surface area contributed by atoms with Crippen molar-refractivity contribution >= 4 is 0 Å². The van der Waals surface area contributed by atoms with E-state index in [0.29, 0.717) is 5.41 Å². The molecule has 19 heavy (non-hydrogen) atoms. The highest BCUT2D eigenvalue weighted by Gasteiger charge is 2.18. The van der Waals surface area contributed by atoms with Crippen molar-refractivity contribution in [2.45, 2.75) is 33.7 Å². The lowest BCUT2D eigenvalue weighted by atomic mass is 9.92. The molecule has 1 aromatic rings. The molecule has 106 valence electrons. The third-order valence-corrected chi connectivity index (χ3v) is 3.80. The zero-order valence-corrected chi connectivity index (χ0v) is 12.6. The second-order valence-electron chi connectivity index (χ2n) is 6.78. The van der Waals surface area contributed by atoms with Gasteiger partial charge in [0.15, 0.2) is 0 Å². The first-order valence-electron chi connectivity index (χ1n) is 7.36. The van der Waals surface area contributed by atoms with Gasteiger partial charge in [0.25, 0.3) is 0 Å². The molecule has 0 aromatic carbocycles. The summed E-state index contributed by atoms with van der Waals surface area (Å²) in [7, 11) is 0. The summed E-state index contributed by atoms with van der Waals surface area (Å²) in [5, 5.41) is 0. The SMILES string of the molecule is CC(C)(C)CCN1CCN(Cc2ccncc2)CC1. The zero-order chi connectivity index (χ0) is 13.7. The van der Waals surface area contributed by atoms with Crippen LogP contribution in [0.4, 0.5) is 0 Å². The van der Waals surface area contributed by atoms with E-state index in [0.717, 1.165) is 6.54 Å². The normalized spacial score (nSPS) is 18.7. The number of rotatable bonds is 4. The molecule has 3 heteroatoms. The fourth-order valence-electron chi connectivity index (χ4n) is 2.41. The van der Waals surface area contributed by atoms with E-state index >= 15 is 0 Å². The lowest BCUT2D eigenvalue weighted by Crippen LogP contribution is -2.46. The fourth-order valence-corrected chi connectivity index (χ4v) is 2.41. The summed E-state index contributed by atoms with van der Waals surface area (Å²) in [6.07, 6.45) is 5.06. The maximum absolute atomic E-state index is 4.07. The first-order valence-corrected chi connectivity index (χ1v) is 7.36. The Morgan fingerprint density at radius 2 is 1.58 bits per heavy atom. The van der Waals surface area contributed by atoms with E-state index in [2.05, 4.69) is 47.7 Å². The smallest absolute Gasteiger partial charge is 0.0271 e. The van der Waals surface area contributed by atoms with Gasteiger partial charge in [0.2, 0.25) is 0 Å². The van der Waals surface area contributed by atoms with Crippen molar-refractivity contribution in [2.24, 2.45) is 5.41 Å². The predicted molar refractivity (Wildman–Crippen MR) is 80.0 cm³/mol. The molecule has 0 amide bonds. The summed E-state index contributed by atoms with van der Waals surface area (Å²) in [5.41, 5.74) is 1.83. The average Bonchev–Trinajstić information content (AvgIpc) is 2.38. The van der Waals surface area contributed by atoms with Gasteiger partial charge in [0.1, 0.15) is 0 Å². The predicted octanol–water partition coefficient (Wildman–Crippen LogP) is 2.64. The molecule has 0 saturated carbocycles. The lowest BCUT2D eigenvalue weighted by Gasteiger charge is -2.36. The molecular weight excluding hydrogens is 234 g/mol. The number of nitrogens with zero attached hydrogens (tertiary/aromatic N) is 3. The summed E-state index contributed by atoms with van der Waals surface area (Å²) in [6, 6.07) is 4.23. The van der Waals surface area contributed by atoms with Gasteiger partial charge >= 0.3 is 0 Å². The molecule has 0 unspecified atom stereocenters. The van der Waals surface area contributed by atoms with Crippen molar-refractivity contribution in [1.82, 2.24) is 14.8 Å². The van der Waals surface area contributed by atoms with E-state index in [1.807, 2.05) is 12.4 Å². The maximum Gasteiger partial charge on any atom is 0.0271 e. The molecule has 1 aliphatic rings. The van der Waals surface area contributed by atoms with Gasteiger partial charge in [-0.1, -0.05) is 20.8 Å². The van der Waals surface area contributed by atoms with Crippen molar-refractivity contribution in [2.75, 3.05) is 32.7 Å². The van der Waals surface area contributed by atoms with Gasteiger partial charge in [-0.05, 0) is 36.1 Å². The molecule has 1 saturated heterocycles. The van der Waals surface area contributed by atoms with Gasteiger partial charge in [-0.15, -0.1) is 0 Å². The quantitative estimate of drug-likeness (QED) is 0.830. The Morgan fingerprint density at radius 3 is 2.16 bits per heavy atom. The van der Waals surface area contributed by atoms with Crippen LogP contribution in [-0.4, -0.2) is 47.5 Å². The number of hydrogen-bond acceptors (Lipinski definition) is 3. The van der Waals surface area contributed by atoms with Crippen LogP contribution in [0, 0.1) is 5.41 Å². The van der Waals surface area contributed by atoms with E-state index in [1.54, 1.807) is 0 Å². The largest absolute Gasteiger partial charge is 0.301 e. The highest BCUT2D eigenvalue weighted by atomic mass is 15.3. The van der Waals surface area contributed by atoms with Crippen molar-refractivity contribution in [1.29, 1.82) is 0 Å². The van der Waals surface area contributed by atoms with Crippen LogP contribution in [0.2, 0.25) is 0 Å². The zero-order valence-electron chi connectivity index (χ0n) is 12.6. The third-order valence-electron chi connectivity index (χ3n) is 3.80. The first-order chi connectivity index (χ1) is 9.03. The Bertz CT molecular complexity index is 361. The highest BCUT2D eigenvalue weighted by molar-refractivity contribution is 5.09. The van der Waals surface area contributed by atoms with Gasteiger partial charge in [0.05, 0.1) is 0 Å². The Balaban J connectivity index is 1.71. The Hall–Kier alpha value is -0.930. The monoisotopic (exact) mass is 261 g/mol. The van der Waals surface area contributed by atoms with E-state index in [9.17, 15) is 0 Å². The van der Waals surface area contributed by atoms with Crippen molar-refractivity contribution < 1.29 is 0 Å². The summed E-state index contributed by atoms with van der Waals surface area (Å²) < 4.78 is 0. The average molecular weight is 261 g/mol. The van der Waals surface area contributed by atoms with Gasteiger partial charge in [-0.3, -0.25) is 9.88 Å². The van der Waals surface area contributed by atoms with E-state index in [-0.39, 0.29) is 0 Å². The Morgan fingerprint density at radius 1 is 1.00 bits per heavy atom. The van der Waals surface area contributed by atoms with Crippen LogP contribution in [0.15, 0.2) is 24.5 Å². The van der Waals surface area contributed by atoms with E-state index in [1.165, 1.54) is 44.7 Å². The summed E-state index contributed by atoms with van der Waals surface area (Å²) >= 11 is 0. The van der Waals surface area contributed by atoms with Crippen LogP contribution in [0.1, 0.15) is 32.8 Å². The molecule has 1 fully saturated rings. The summed E-state index contributed by atoms with van der Waals surface area (Å²) in [4.78, 5) is 9.22. The highest BCUT2D eigenvalue weighted by Crippen LogP contribution is 2.19. The third kappa shape index (κ3) is 5.29. The molecule has 0 bridgehead atoms. The minimum atomic E-state index is 0.453. The summed E-state index contributed by atoms with van der Waals surface area (Å²) in [5.74, 6) is 0.